The highest BCUT2D eigenvalue weighted by Crippen LogP contribution is 2.51. The Morgan fingerprint density at radius 2 is 2.17 bits per heavy atom. The maximum atomic E-state index is 13.6. The van der Waals surface area contributed by atoms with Crippen molar-refractivity contribution in [1.29, 1.82) is 5.26 Å². The van der Waals surface area contributed by atoms with E-state index in [4.69, 9.17) is 14.7 Å². The average molecular weight is 329 g/mol. The molecule has 0 spiro atoms. The normalized spacial score (nSPS) is 29.6. The van der Waals surface area contributed by atoms with Crippen LogP contribution in [-0.4, -0.2) is 30.5 Å². The van der Waals surface area contributed by atoms with Gasteiger partial charge in [0, 0.05) is 0 Å². The minimum atomic E-state index is -4.80. The van der Waals surface area contributed by atoms with Gasteiger partial charge in [-0.15, -0.1) is 0 Å². The zero-order valence-electron chi connectivity index (χ0n) is 12.9. The van der Waals surface area contributed by atoms with Crippen molar-refractivity contribution in [2.24, 2.45) is 5.92 Å². The summed E-state index contributed by atoms with van der Waals surface area (Å²) in [5, 5.41) is 9.16. The standard InChI is InChI=1S/C16H18F3NO3/c1-3-5-7-15-8-6-11(23-15)10(9-20)12(16(17,18)19)13(15)14(21)22-4-2/h6,8,11,13H,3-5,7H2,1-2H3/t11-,13-,15+/m1/s1. The predicted octanol–water partition coefficient (Wildman–Crippen LogP) is 3.45. The highest BCUT2D eigenvalue weighted by molar-refractivity contribution is 5.80. The highest BCUT2D eigenvalue weighted by Gasteiger charge is 2.60. The van der Waals surface area contributed by atoms with Crippen LogP contribution in [0.2, 0.25) is 0 Å². The Morgan fingerprint density at radius 3 is 2.70 bits per heavy atom. The number of nitrogens with zero attached hydrogens (tertiary/aromatic N) is 1. The molecule has 126 valence electrons. The van der Waals surface area contributed by atoms with Crippen LogP contribution in [0.1, 0.15) is 33.1 Å². The lowest BCUT2D eigenvalue weighted by molar-refractivity contribution is -0.170. The number of fused-ring (bicyclic) bond motifs is 2. The Morgan fingerprint density at radius 1 is 1.48 bits per heavy atom. The summed E-state index contributed by atoms with van der Waals surface area (Å²) in [6.07, 6.45) is -1.33. The second kappa shape index (κ2) is 6.36. The molecule has 23 heavy (non-hydrogen) atoms. The molecule has 0 saturated carbocycles. The van der Waals surface area contributed by atoms with Gasteiger partial charge in [-0.3, -0.25) is 4.79 Å². The molecule has 3 atom stereocenters. The topological polar surface area (TPSA) is 59.3 Å². The molecule has 0 aromatic heterocycles. The van der Waals surface area contributed by atoms with Crippen LogP contribution in [0.5, 0.6) is 0 Å². The van der Waals surface area contributed by atoms with E-state index < -0.39 is 40.9 Å². The van der Waals surface area contributed by atoms with Crippen LogP contribution < -0.4 is 0 Å². The summed E-state index contributed by atoms with van der Waals surface area (Å²) in [7, 11) is 0. The van der Waals surface area contributed by atoms with Crippen molar-refractivity contribution in [3.8, 4) is 6.07 Å². The van der Waals surface area contributed by atoms with Crippen LogP contribution >= 0.6 is 0 Å². The number of halogens is 3. The van der Waals surface area contributed by atoms with Crippen molar-refractivity contribution in [2.45, 2.75) is 51.0 Å². The Balaban J connectivity index is 2.60. The zero-order chi connectivity index (χ0) is 17.3. The van der Waals surface area contributed by atoms with Gasteiger partial charge in [0.05, 0.1) is 23.8 Å². The largest absolute Gasteiger partial charge is 0.465 e. The molecular weight excluding hydrogens is 311 g/mol. The number of alkyl halides is 3. The molecule has 0 radical (unpaired) electrons. The van der Waals surface area contributed by atoms with Gasteiger partial charge in [0.15, 0.2) is 0 Å². The summed E-state index contributed by atoms with van der Waals surface area (Å²) in [4.78, 5) is 12.3. The van der Waals surface area contributed by atoms with Gasteiger partial charge in [-0.1, -0.05) is 31.9 Å². The Bertz CT molecular complexity index is 588. The van der Waals surface area contributed by atoms with Crippen molar-refractivity contribution in [2.75, 3.05) is 6.61 Å². The first-order valence-electron chi connectivity index (χ1n) is 7.56. The lowest BCUT2D eigenvalue weighted by atomic mass is 9.76. The molecule has 0 aliphatic carbocycles. The SMILES string of the molecule is CCCC[C@@]12C=C[C@@H](O1)C(C#N)=C(C(F)(F)F)[C@@H]2C(=O)OCC. The van der Waals surface area contributed by atoms with Crippen LogP contribution in [0.15, 0.2) is 23.3 Å². The summed E-state index contributed by atoms with van der Waals surface area (Å²) < 4.78 is 51.3. The summed E-state index contributed by atoms with van der Waals surface area (Å²) in [6, 6.07) is 1.56. The third-order valence-corrected chi connectivity index (χ3v) is 4.12. The van der Waals surface area contributed by atoms with Crippen molar-refractivity contribution >= 4 is 5.97 Å². The molecule has 2 rings (SSSR count). The molecule has 0 fully saturated rings. The fraction of sp³-hybridized carbons (Fsp3) is 0.625. The minimum Gasteiger partial charge on any atom is -0.465 e. The Hall–Kier alpha value is -1.81. The molecule has 0 N–H and O–H groups in total. The van der Waals surface area contributed by atoms with E-state index in [1.165, 1.54) is 19.1 Å². The Labute approximate surface area is 132 Å². The monoisotopic (exact) mass is 329 g/mol. The maximum Gasteiger partial charge on any atom is 0.414 e. The molecule has 2 heterocycles. The third kappa shape index (κ3) is 3.00. The van der Waals surface area contributed by atoms with Gasteiger partial charge in [-0.05, 0) is 13.3 Å². The van der Waals surface area contributed by atoms with Crippen LogP contribution in [0.3, 0.4) is 0 Å². The van der Waals surface area contributed by atoms with Crippen molar-refractivity contribution in [1.82, 2.24) is 0 Å². The van der Waals surface area contributed by atoms with E-state index in [1.54, 1.807) is 6.07 Å². The van der Waals surface area contributed by atoms with E-state index in [9.17, 15) is 18.0 Å². The highest BCUT2D eigenvalue weighted by atomic mass is 19.4. The number of hydrogen-bond donors (Lipinski definition) is 0. The van der Waals surface area contributed by atoms with Gasteiger partial charge in [0.2, 0.25) is 0 Å². The fourth-order valence-electron chi connectivity index (χ4n) is 3.16. The molecule has 2 aliphatic rings. The van der Waals surface area contributed by atoms with E-state index in [2.05, 4.69) is 0 Å². The molecule has 0 aromatic rings. The van der Waals surface area contributed by atoms with Gasteiger partial charge in [0.25, 0.3) is 0 Å². The van der Waals surface area contributed by atoms with Crippen LogP contribution in [0.4, 0.5) is 13.2 Å². The van der Waals surface area contributed by atoms with Gasteiger partial charge in [-0.25, -0.2) is 0 Å². The van der Waals surface area contributed by atoms with Crippen LogP contribution in [0, 0.1) is 17.2 Å². The summed E-state index contributed by atoms with van der Waals surface area (Å²) >= 11 is 0. The quantitative estimate of drug-likeness (QED) is 0.572. The fourth-order valence-corrected chi connectivity index (χ4v) is 3.16. The number of hydrogen-bond acceptors (Lipinski definition) is 4. The second-order valence-electron chi connectivity index (χ2n) is 5.58. The van der Waals surface area contributed by atoms with E-state index >= 15 is 0 Å². The first-order chi connectivity index (χ1) is 10.8. The zero-order valence-corrected chi connectivity index (χ0v) is 12.9. The number of nitriles is 1. The summed E-state index contributed by atoms with van der Waals surface area (Å²) in [6.45, 7) is 3.38. The molecule has 0 unspecified atom stereocenters. The van der Waals surface area contributed by atoms with E-state index in [0.29, 0.717) is 6.42 Å². The molecule has 7 heteroatoms. The average Bonchev–Trinajstić information content (AvgIpc) is 2.84. The predicted molar refractivity (Wildman–Crippen MR) is 75.1 cm³/mol. The van der Waals surface area contributed by atoms with E-state index in [-0.39, 0.29) is 13.0 Å². The smallest absolute Gasteiger partial charge is 0.414 e. The number of carbonyl (C=O) groups excluding carboxylic acids is 1. The maximum absolute atomic E-state index is 13.6. The minimum absolute atomic E-state index is 0.0423. The van der Waals surface area contributed by atoms with E-state index in [0.717, 1.165) is 6.42 Å². The summed E-state index contributed by atoms with van der Waals surface area (Å²) in [5.74, 6) is -2.67. The van der Waals surface area contributed by atoms with Crippen LogP contribution in [-0.2, 0) is 14.3 Å². The number of carbonyl (C=O) groups is 1. The molecule has 0 saturated heterocycles. The summed E-state index contributed by atoms with van der Waals surface area (Å²) in [5.41, 5.74) is -3.08. The van der Waals surface area contributed by atoms with Crippen molar-refractivity contribution < 1.29 is 27.4 Å². The van der Waals surface area contributed by atoms with Crippen LogP contribution in [0.25, 0.3) is 0 Å². The van der Waals surface area contributed by atoms with Gasteiger partial charge >= 0.3 is 12.1 Å². The molecule has 2 bridgehead atoms. The van der Waals surface area contributed by atoms with Gasteiger partial charge in [-0.2, -0.15) is 18.4 Å². The van der Waals surface area contributed by atoms with Crippen molar-refractivity contribution in [3.63, 3.8) is 0 Å². The molecular formula is C16H18F3NO3. The number of rotatable bonds is 5. The molecule has 0 amide bonds. The second-order valence-corrected chi connectivity index (χ2v) is 5.58. The molecule has 0 aromatic carbocycles. The first-order valence-corrected chi connectivity index (χ1v) is 7.56. The third-order valence-electron chi connectivity index (χ3n) is 4.12. The number of esters is 1. The van der Waals surface area contributed by atoms with Gasteiger partial charge < -0.3 is 9.47 Å². The van der Waals surface area contributed by atoms with E-state index in [1.807, 2.05) is 6.92 Å². The van der Waals surface area contributed by atoms with Crippen molar-refractivity contribution in [3.05, 3.63) is 23.3 Å². The number of ether oxygens (including phenoxy) is 2. The number of unbranched alkanes of at least 4 members (excludes halogenated alkanes) is 1. The van der Waals surface area contributed by atoms with Gasteiger partial charge in [0.1, 0.15) is 17.6 Å². The lowest BCUT2D eigenvalue weighted by Gasteiger charge is -2.41. The molecule has 2 aliphatic heterocycles. The Kier molecular flexibility index (Phi) is 4.85. The lowest BCUT2D eigenvalue weighted by Crippen LogP contribution is -2.50. The first kappa shape index (κ1) is 17.5. The molecule has 4 nitrogen and oxygen atoms in total.